The summed E-state index contributed by atoms with van der Waals surface area (Å²) >= 11 is 5.84. The topological polar surface area (TPSA) is 52.6 Å². The molecule has 0 aromatic heterocycles. The van der Waals surface area contributed by atoms with Gasteiger partial charge in [-0.1, -0.05) is 30.7 Å². The zero-order chi connectivity index (χ0) is 16.4. The number of allylic oxidation sites excluding steroid dienone is 1. The molecule has 0 N–H and O–H groups in total. The van der Waals surface area contributed by atoms with E-state index in [1.165, 1.54) is 0 Å². The first-order chi connectivity index (χ1) is 11.1. The summed E-state index contributed by atoms with van der Waals surface area (Å²) < 4.78 is 10.7. The Bertz CT molecular complexity index is 806. The molecule has 4 nitrogen and oxygen atoms in total. The SMILES string of the molecule is CCC(=O)Oc1ccc2c(c1)OC(=Cc1ccc(Cl)cc1)C2=O. The lowest BCUT2D eigenvalue weighted by Gasteiger charge is -2.04. The number of halogens is 1. The van der Waals surface area contributed by atoms with E-state index in [-0.39, 0.29) is 23.9 Å². The number of rotatable bonds is 3. The maximum Gasteiger partial charge on any atom is 0.310 e. The van der Waals surface area contributed by atoms with Gasteiger partial charge in [0.1, 0.15) is 11.5 Å². The van der Waals surface area contributed by atoms with Crippen molar-refractivity contribution in [1.82, 2.24) is 0 Å². The molecule has 3 rings (SSSR count). The van der Waals surface area contributed by atoms with Crippen molar-refractivity contribution in [1.29, 1.82) is 0 Å². The van der Waals surface area contributed by atoms with Crippen molar-refractivity contribution in [3.05, 3.63) is 64.4 Å². The monoisotopic (exact) mass is 328 g/mol. The quantitative estimate of drug-likeness (QED) is 0.479. The van der Waals surface area contributed by atoms with Crippen LogP contribution in [0.2, 0.25) is 5.02 Å². The fraction of sp³-hybridized carbons (Fsp3) is 0.111. The highest BCUT2D eigenvalue weighted by Gasteiger charge is 2.27. The van der Waals surface area contributed by atoms with Gasteiger partial charge in [0.05, 0.1) is 5.56 Å². The molecule has 2 aromatic rings. The van der Waals surface area contributed by atoms with Gasteiger partial charge < -0.3 is 9.47 Å². The smallest absolute Gasteiger partial charge is 0.310 e. The number of fused-ring (bicyclic) bond motifs is 1. The Hall–Kier alpha value is -2.59. The molecule has 5 heteroatoms. The molecular weight excluding hydrogens is 316 g/mol. The number of ether oxygens (including phenoxy) is 2. The Kier molecular flexibility index (Phi) is 4.17. The van der Waals surface area contributed by atoms with Crippen LogP contribution in [0.15, 0.2) is 48.2 Å². The van der Waals surface area contributed by atoms with Crippen molar-refractivity contribution >= 4 is 29.4 Å². The van der Waals surface area contributed by atoms with Gasteiger partial charge in [0.25, 0.3) is 0 Å². The Labute approximate surface area is 138 Å². The number of carbonyl (C=O) groups is 2. The van der Waals surface area contributed by atoms with Gasteiger partial charge in [0.15, 0.2) is 5.76 Å². The molecule has 0 saturated carbocycles. The summed E-state index contributed by atoms with van der Waals surface area (Å²) in [6.45, 7) is 1.71. The van der Waals surface area contributed by atoms with E-state index in [4.69, 9.17) is 21.1 Å². The van der Waals surface area contributed by atoms with Gasteiger partial charge in [-0.05, 0) is 35.9 Å². The average molecular weight is 329 g/mol. The van der Waals surface area contributed by atoms with Crippen LogP contribution in [0.4, 0.5) is 0 Å². The van der Waals surface area contributed by atoms with Gasteiger partial charge in [-0.25, -0.2) is 0 Å². The first-order valence-electron chi connectivity index (χ1n) is 7.11. The van der Waals surface area contributed by atoms with E-state index in [0.29, 0.717) is 22.1 Å². The number of benzene rings is 2. The molecule has 1 heterocycles. The minimum atomic E-state index is -0.341. The summed E-state index contributed by atoms with van der Waals surface area (Å²) in [6, 6.07) is 11.8. The zero-order valence-electron chi connectivity index (χ0n) is 12.3. The third kappa shape index (κ3) is 3.27. The molecule has 0 atom stereocenters. The van der Waals surface area contributed by atoms with Crippen LogP contribution in [-0.4, -0.2) is 11.8 Å². The Balaban J connectivity index is 1.86. The van der Waals surface area contributed by atoms with Gasteiger partial charge in [-0.3, -0.25) is 9.59 Å². The van der Waals surface area contributed by atoms with Crippen LogP contribution in [-0.2, 0) is 4.79 Å². The minimum absolute atomic E-state index is 0.205. The van der Waals surface area contributed by atoms with Crippen molar-refractivity contribution in [3.8, 4) is 11.5 Å². The molecule has 0 aliphatic carbocycles. The first kappa shape index (κ1) is 15.3. The summed E-state index contributed by atoms with van der Waals surface area (Å²) in [4.78, 5) is 23.7. The second kappa shape index (κ2) is 6.26. The van der Waals surface area contributed by atoms with Gasteiger partial charge in [-0.2, -0.15) is 0 Å². The maximum absolute atomic E-state index is 12.3. The Morgan fingerprint density at radius 2 is 1.96 bits per heavy atom. The molecule has 1 aliphatic heterocycles. The molecular formula is C18H13ClO4. The van der Waals surface area contributed by atoms with Gasteiger partial charge in [0, 0.05) is 17.5 Å². The fourth-order valence-corrected chi connectivity index (χ4v) is 2.27. The second-order valence-corrected chi connectivity index (χ2v) is 5.41. The molecule has 0 fully saturated rings. The Morgan fingerprint density at radius 1 is 1.22 bits per heavy atom. The maximum atomic E-state index is 12.3. The van der Waals surface area contributed by atoms with Crippen LogP contribution in [0, 0.1) is 0 Å². The van der Waals surface area contributed by atoms with E-state index >= 15 is 0 Å². The van der Waals surface area contributed by atoms with E-state index in [0.717, 1.165) is 5.56 Å². The third-order valence-corrected chi connectivity index (χ3v) is 3.58. The lowest BCUT2D eigenvalue weighted by molar-refractivity contribution is -0.134. The van der Waals surface area contributed by atoms with Gasteiger partial charge in [0.2, 0.25) is 5.78 Å². The van der Waals surface area contributed by atoms with Crippen LogP contribution in [0.5, 0.6) is 11.5 Å². The number of Topliss-reactive ketones (excluding diaryl/α,β-unsaturated/α-hetero) is 1. The molecule has 0 unspecified atom stereocenters. The summed E-state index contributed by atoms with van der Waals surface area (Å²) in [5.74, 6) is 0.420. The standard InChI is InChI=1S/C18H13ClO4/c1-2-17(20)22-13-7-8-14-15(10-13)23-16(18(14)21)9-11-3-5-12(19)6-4-11/h3-10H,2H2,1H3. The van der Waals surface area contributed by atoms with E-state index < -0.39 is 0 Å². The van der Waals surface area contributed by atoms with E-state index in [1.807, 2.05) is 0 Å². The Morgan fingerprint density at radius 3 is 2.65 bits per heavy atom. The normalized spacial score (nSPS) is 14.5. The molecule has 2 aromatic carbocycles. The molecule has 1 aliphatic rings. The van der Waals surface area contributed by atoms with Crippen LogP contribution in [0.3, 0.4) is 0 Å². The molecule has 0 radical (unpaired) electrons. The molecule has 0 saturated heterocycles. The lowest BCUT2D eigenvalue weighted by Crippen LogP contribution is -2.05. The van der Waals surface area contributed by atoms with Gasteiger partial charge in [-0.15, -0.1) is 0 Å². The predicted molar refractivity (Wildman–Crippen MR) is 86.8 cm³/mol. The van der Waals surface area contributed by atoms with Crippen molar-refractivity contribution < 1.29 is 19.1 Å². The van der Waals surface area contributed by atoms with Crippen LogP contribution < -0.4 is 9.47 Å². The number of ketones is 1. The molecule has 0 amide bonds. The van der Waals surface area contributed by atoms with Crippen molar-refractivity contribution in [2.75, 3.05) is 0 Å². The third-order valence-electron chi connectivity index (χ3n) is 3.33. The lowest BCUT2D eigenvalue weighted by atomic mass is 10.1. The predicted octanol–water partition coefficient (Wildman–Crippen LogP) is 4.27. The summed E-state index contributed by atoms with van der Waals surface area (Å²) in [5, 5.41) is 0.622. The number of esters is 1. The highest BCUT2D eigenvalue weighted by atomic mass is 35.5. The number of carbonyl (C=O) groups excluding carboxylic acids is 2. The summed E-state index contributed by atoms with van der Waals surface area (Å²) in [6.07, 6.45) is 1.93. The van der Waals surface area contributed by atoms with Crippen molar-refractivity contribution in [2.24, 2.45) is 0 Å². The van der Waals surface area contributed by atoms with Crippen LogP contribution in [0.25, 0.3) is 6.08 Å². The van der Waals surface area contributed by atoms with E-state index in [2.05, 4.69) is 0 Å². The number of hydrogen-bond acceptors (Lipinski definition) is 4. The minimum Gasteiger partial charge on any atom is -0.452 e. The largest absolute Gasteiger partial charge is 0.452 e. The fourth-order valence-electron chi connectivity index (χ4n) is 2.14. The van der Waals surface area contributed by atoms with E-state index in [9.17, 15) is 9.59 Å². The average Bonchev–Trinajstić information content (AvgIpc) is 2.85. The molecule has 0 bridgehead atoms. The van der Waals surface area contributed by atoms with Crippen LogP contribution in [0.1, 0.15) is 29.3 Å². The number of hydrogen-bond donors (Lipinski definition) is 0. The molecule has 116 valence electrons. The van der Waals surface area contributed by atoms with Crippen molar-refractivity contribution in [3.63, 3.8) is 0 Å². The molecule has 23 heavy (non-hydrogen) atoms. The highest BCUT2D eigenvalue weighted by Crippen LogP contribution is 2.35. The second-order valence-electron chi connectivity index (χ2n) is 4.98. The van der Waals surface area contributed by atoms with Crippen LogP contribution >= 0.6 is 11.6 Å². The van der Waals surface area contributed by atoms with Gasteiger partial charge >= 0.3 is 5.97 Å². The highest BCUT2D eigenvalue weighted by molar-refractivity contribution is 6.30. The first-order valence-corrected chi connectivity index (χ1v) is 7.49. The summed E-state index contributed by atoms with van der Waals surface area (Å²) in [5.41, 5.74) is 1.25. The zero-order valence-corrected chi connectivity index (χ0v) is 13.1. The van der Waals surface area contributed by atoms with Crippen molar-refractivity contribution in [2.45, 2.75) is 13.3 Å². The molecule has 0 spiro atoms. The van der Waals surface area contributed by atoms with E-state index in [1.54, 1.807) is 55.5 Å². The summed E-state index contributed by atoms with van der Waals surface area (Å²) in [7, 11) is 0.